The van der Waals surface area contributed by atoms with Gasteiger partial charge in [0.15, 0.2) is 5.16 Å². The fraction of sp³-hybridized carbons (Fsp3) is 0.556. The van der Waals surface area contributed by atoms with Crippen molar-refractivity contribution in [3.8, 4) is 0 Å². The van der Waals surface area contributed by atoms with Gasteiger partial charge in [-0.05, 0) is 24.5 Å². The zero-order chi connectivity index (χ0) is 16.1. The lowest BCUT2D eigenvalue weighted by Crippen LogP contribution is -2.13. The highest BCUT2D eigenvalue weighted by atomic mass is 35.5. The van der Waals surface area contributed by atoms with Gasteiger partial charge in [0, 0.05) is 23.7 Å². The summed E-state index contributed by atoms with van der Waals surface area (Å²) < 4.78 is 2.27. The maximum atomic E-state index is 6.24. The summed E-state index contributed by atoms with van der Waals surface area (Å²) in [6.07, 6.45) is 7.92. The summed E-state index contributed by atoms with van der Waals surface area (Å²) in [4.78, 5) is 0. The van der Waals surface area contributed by atoms with Crippen molar-refractivity contribution in [2.45, 2.75) is 62.9 Å². The predicted molar refractivity (Wildman–Crippen MR) is 97.0 cm³/mol. The van der Waals surface area contributed by atoms with Crippen LogP contribution < -0.4 is 0 Å². The van der Waals surface area contributed by atoms with Crippen LogP contribution in [0.3, 0.4) is 0 Å². The maximum absolute atomic E-state index is 6.24. The second-order valence-corrected chi connectivity index (χ2v) is 7.58. The minimum Gasteiger partial charge on any atom is -0.306 e. The van der Waals surface area contributed by atoms with E-state index in [1.165, 1.54) is 32.1 Å². The van der Waals surface area contributed by atoms with Crippen molar-refractivity contribution < 1.29 is 0 Å². The summed E-state index contributed by atoms with van der Waals surface area (Å²) in [6, 6.07) is 8.01. The quantitative estimate of drug-likeness (QED) is 0.657. The molecule has 0 spiro atoms. The molecule has 1 aliphatic rings. The molecule has 1 aromatic carbocycles. The molecule has 0 unspecified atom stereocenters. The molecule has 3 rings (SSSR count). The zero-order valence-corrected chi connectivity index (χ0v) is 15.2. The standard InChI is InChI=1S/C18H24ClN3S/c1-2-22-17(12-14-8-4-3-5-9-14)20-21-18(22)23-13-15-10-6-7-11-16(15)19/h6-7,10-11,14H,2-5,8-9,12-13H2,1H3. The van der Waals surface area contributed by atoms with Gasteiger partial charge in [-0.2, -0.15) is 0 Å². The van der Waals surface area contributed by atoms with Crippen LogP contribution in [0, 0.1) is 5.92 Å². The topological polar surface area (TPSA) is 30.7 Å². The van der Waals surface area contributed by atoms with Crippen LogP contribution in [0.2, 0.25) is 5.02 Å². The molecule has 0 atom stereocenters. The van der Waals surface area contributed by atoms with Crippen LogP contribution in [0.5, 0.6) is 0 Å². The first kappa shape index (κ1) is 16.8. The van der Waals surface area contributed by atoms with E-state index in [1.54, 1.807) is 11.8 Å². The van der Waals surface area contributed by atoms with Gasteiger partial charge in [0.1, 0.15) is 5.82 Å². The lowest BCUT2D eigenvalue weighted by molar-refractivity contribution is 0.347. The maximum Gasteiger partial charge on any atom is 0.191 e. The van der Waals surface area contributed by atoms with Crippen LogP contribution in [-0.2, 0) is 18.7 Å². The van der Waals surface area contributed by atoms with E-state index in [0.29, 0.717) is 0 Å². The molecule has 23 heavy (non-hydrogen) atoms. The van der Waals surface area contributed by atoms with E-state index in [4.69, 9.17) is 11.6 Å². The normalized spacial score (nSPS) is 15.9. The molecule has 1 aliphatic carbocycles. The molecule has 3 nitrogen and oxygen atoms in total. The average Bonchev–Trinajstić information content (AvgIpc) is 2.96. The first-order valence-electron chi connectivity index (χ1n) is 8.56. The Hall–Kier alpha value is -1.00. The molecular weight excluding hydrogens is 326 g/mol. The highest BCUT2D eigenvalue weighted by Crippen LogP contribution is 2.29. The third kappa shape index (κ3) is 4.30. The third-order valence-corrected chi connectivity index (χ3v) is 6.00. The molecule has 0 bridgehead atoms. The summed E-state index contributed by atoms with van der Waals surface area (Å²) in [5, 5.41) is 10.7. The second-order valence-electron chi connectivity index (χ2n) is 6.23. The highest BCUT2D eigenvalue weighted by molar-refractivity contribution is 7.98. The summed E-state index contributed by atoms with van der Waals surface area (Å²) >= 11 is 7.97. The number of nitrogens with zero attached hydrogens (tertiary/aromatic N) is 3. The molecule has 1 fully saturated rings. The van der Waals surface area contributed by atoms with Gasteiger partial charge in [-0.15, -0.1) is 10.2 Å². The Morgan fingerprint density at radius 3 is 2.70 bits per heavy atom. The van der Waals surface area contributed by atoms with Gasteiger partial charge in [-0.3, -0.25) is 0 Å². The Morgan fingerprint density at radius 1 is 1.17 bits per heavy atom. The first-order valence-corrected chi connectivity index (χ1v) is 9.92. The van der Waals surface area contributed by atoms with Crippen molar-refractivity contribution in [3.63, 3.8) is 0 Å². The number of halogens is 1. The Morgan fingerprint density at radius 2 is 1.96 bits per heavy atom. The number of benzene rings is 1. The minimum absolute atomic E-state index is 0.791. The van der Waals surface area contributed by atoms with Crippen LogP contribution in [0.1, 0.15) is 50.4 Å². The molecule has 2 aromatic rings. The van der Waals surface area contributed by atoms with Crippen molar-refractivity contribution in [1.82, 2.24) is 14.8 Å². The minimum atomic E-state index is 0.791. The molecule has 0 saturated heterocycles. The number of thioether (sulfide) groups is 1. The monoisotopic (exact) mass is 349 g/mol. The summed E-state index contributed by atoms with van der Waals surface area (Å²) in [7, 11) is 0. The highest BCUT2D eigenvalue weighted by Gasteiger charge is 2.19. The summed E-state index contributed by atoms with van der Waals surface area (Å²) in [6.45, 7) is 3.10. The van der Waals surface area contributed by atoms with Gasteiger partial charge >= 0.3 is 0 Å². The second kappa shape index (κ2) is 8.20. The van der Waals surface area contributed by atoms with E-state index in [9.17, 15) is 0 Å². The molecule has 0 radical (unpaired) electrons. The van der Waals surface area contributed by atoms with Crippen LogP contribution in [-0.4, -0.2) is 14.8 Å². The molecule has 5 heteroatoms. The van der Waals surface area contributed by atoms with Crippen LogP contribution >= 0.6 is 23.4 Å². The van der Waals surface area contributed by atoms with E-state index in [1.807, 2.05) is 18.2 Å². The van der Waals surface area contributed by atoms with Crippen molar-refractivity contribution in [3.05, 3.63) is 40.7 Å². The average molecular weight is 350 g/mol. The van der Waals surface area contributed by atoms with Gasteiger partial charge in [0.2, 0.25) is 0 Å². The molecule has 1 aromatic heterocycles. The van der Waals surface area contributed by atoms with Gasteiger partial charge in [-0.25, -0.2) is 0 Å². The Bertz CT molecular complexity index is 635. The third-order valence-electron chi connectivity index (χ3n) is 4.62. The lowest BCUT2D eigenvalue weighted by atomic mass is 9.87. The fourth-order valence-corrected chi connectivity index (χ4v) is 4.61. The van der Waals surface area contributed by atoms with Gasteiger partial charge < -0.3 is 4.57 Å². The molecule has 124 valence electrons. The molecule has 1 heterocycles. The lowest BCUT2D eigenvalue weighted by Gasteiger charge is -2.21. The molecule has 0 aliphatic heterocycles. The van der Waals surface area contributed by atoms with Crippen molar-refractivity contribution in [2.24, 2.45) is 5.92 Å². The molecule has 0 amide bonds. The van der Waals surface area contributed by atoms with Crippen molar-refractivity contribution in [2.75, 3.05) is 0 Å². The zero-order valence-electron chi connectivity index (χ0n) is 13.7. The van der Waals surface area contributed by atoms with E-state index in [0.717, 1.165) is 46.2 Å². The molecule has 1 saturated carbocycles. The van der Waals surface area contributed by atoms with Crippen LogP contribution in [0.25, 0.3) is 0 Å². The molecule has 0 N–H and O–H groups in total. The van der Waals surface area contributed by atoms with E-state index in [2.05, 4.69) is 27.8 Å². The van der Waals surface area contributed by atoms with Gasteiger partial charge in [0.05, 0.1) is 0 Å². The van der Waals surface area contributed by atoms with Gasteiger partial charge in [0.25, 0.3) is 0 Å². The van der Waals surface area contributed by atoms with Crippen molar-refractivity contribution >= 4 is 23.4 Å². The summed E-state index contributed by atoms with van der Waals surface area (Å²) in [5.74, 6) is 2.78. The number of rotatable bonds is 6. The van der Waals surface area contributed by atoms with E-state index < -0.39 is 0 Å². The van der Waals surface area contributed by atoms with E-state index in [-0.39, 0.29) is 0 Å². The predicted octanol–water partition coefficient (Wildman–Crippen LogP) is 5.37. The number of hydrogen-bond donors (Lipinski definition) is 0. The largest absolute Gasteiger partial charge is 0.306 e. The van der Waals surface area contributed by atoms with E-state index >= 15 is 0 Å². The van der Waals surface area contributed by atoms with Crippen molar-refractivity contribution in [1.29, 1.82) is 0 Å². The Labute approximate surface area is 147 Å². The summed E-state index contributed by atoms with van der Waals surface area (Å²) in [5.41, 5.74) is 1.15. The SMILES string of the molecule is CCn1c(CC2CCCCC2)nnc1SCc1ccccc1Cl. The smallest absolute Gasteiger partial charge is 0.191 e. The number of hydrogen-bond acceptors (Lipinski definition) is 3. The fourth-order valence-electron chi connectivity index (χ4n) is 3.30. The Balaban J connectivity index is 1.66. The number of aromatic nitrogens is 3. The molecular formula is C18H24ClN3S. The first-order chi connectivity index (χ1) is 11.3. The van der Waals surface area contributed by atoms with Crippen LogP contribution in [0.15, 0.2) is 29.4 Å². The van der Waals surface area contributed by atoms with Crippen LogP contribution in [0.4, 0.5) is 0 Å². The Kier molecular flexibility index (Phi) is 6.01. The van der Waals surface area contributed by atoms with Gasteiger partial charge in [-0.1, -0.05) is 73.7 Å².